The summed E-state index contributed by atoms with van der Waals surface area (Å²) in [6.07, 6.45) is 12.6. The molecule has 0 aliphatic carbocycles. The first-order valence-electron chi connectivity index (χ1n) is 28.7. The highest BCUT2D eigenvalue weighted by atomic mass is 32.2. The number of aliphatic hydroxyl groups excluding tert-OH is 2. The molecule has 5 atom stereocenters. The first-order valence-corrected chi connectivity index (χ1v) is 31.0. The van der Waals surface area contributed by atoms with Crippen molar-refractivity contribution in [3.63, 3.8) is 0 Å². The van der Waals surface area contributed by atoms with E-state index in [-0.39, 0.29) is 61.9 Å². The summed E-state index contributed by atoms with van der Waals surface area (Å²) in [6, 6.07) is 2.10. The molecule has 0 unspecified atom stereocenters. The van der Waals surface area contributed by atoms with Crippen LogP contribution in [0.3, 0.4) is 0 Å². The first-order chi connectivity index (χ1) is 38.2. The van der Waals surface area contributed by atoms with Crippen LogP contribution in [0.4, 0.5) is 9.59 Å². The Morgan fingerprint density at radius 2 is 1.11 bits per heavy atom. The summed E-state index contributed by atoms with van der Waals surface area (Å²) in [6.45, 7) is 18.8. The predicted octanol–water partition coefficient (Wildman–Crippen LogP) is 10.8. The number of methoxy groups -OCH3 is 1. The molecule has 2 N–H and O–H groups in total. The highest BCUT2D eigenvalue weighted by Crippen LogP contribution is 2.49. The lowest BCUT2D eigenvalue weighted by Crippen LogP contribution is -2.49. The molecule has 16 nitrogen and oxygen atoms in total. The molecule has 6 aliphatic heterocycles. The molecule has 80 heavy (non-hydrogen) atoms. The van der Waals surface area contributed by atoms with Crippen molar-refractivity contribution >= 4 is 53.5 Å². The number of thioether (sulfide) groups is 2. The molecule has 436 valence electrons. The smallest absolute Gasteiger partial charge is 0.415 e. The molecular weight excluding hydrogens is 1060 g/mol. The third-order valence-corrected chi connectivity index (χ3v) is 18.5. The van der Waals surface area contributed by atoms with E-state index in [9.17, 15) is 34.2 Å². The van der Waals surface area contributed by atoms with Crippen molar-refractivity contribution in [3.8, 4) is 23.0 Å². The summed E-state index contributed by atoms with van der Waals surface area (Å²) >= 11 is 3.53. The van der Waals surface area contributed by atoms with Gasteiger partial charge in [-0.2, -0.15) is 23.5 Å². The minimum Gasteiger partial charge on any atom is -0.484 e. The molecular formula is C62H84N4O12S2. The summed E-state index contributed by atoms with van der Waals surface area (Å²) in [5, 5.41) is 23.6. The van der Waals surface area contributed by atoms with E-state index < -0.39 is 53.5 Å². The molecule has 8 rings (SSSR count). The SMILES string of the molecule is COC(=O)[C@H](CCCN1Cc2c(cc(OC(=O)N3CCSCC3)c3c2O[C@](C)(CC/C=C(\C)CCC=C(C)C)[C@@H](O)C3)C1=O)N1Cc2c(cc(OC(=O)N3CCSCC3)c3c2O[C@](C)(CC/C=C(\C)CCC=C(C)C)[C@@H](O)C3)C1=O. The van der Waals surface area contributed by atoms with Gasteiger partial charge in [-0.3, -0.25) is 9.59 Å². The van der Waals surface area contributed by atoms with Crippen LogP contribution in [0.15, 0.2) is 58.7 Å². The molecule has 0 aromatic heterocycles. The average Bonchev–Trinajstić information content (AvgIpc) is 4.09. The van der Waals surface area contributed by atoms with Crippen LogP contribution in [0.2, 0.25) is 0 Å². The molecule has 4 amide bonds. The molecule has 0 spiro atoms. The number of nitrogens with zero attached hydrogens (tertiary/aromatic N) is 4. The molecule has 6 aliphatic rings. The summed E-state index contributed by atoms with van der Waals surface area (Å²) in [5.41, 5.74) is 5.76. The van der Waals surface area contributed by atoms with E-state index in [0.717, 1.165) is 48.7 Å². The number of amides is 4. The van der Waals surface area contributed by atoms with Gasteiger partial charge in [0.2, 0.25) is 0 Å². The highest BCUT2D eigenvalue weighted by molar-refractivity contribution is 7.99. The second kappa shape index (κ2) is 26.7. The zero-order chi connectivity index (χ0) is 57.5. The third kappa shape index (κ3) is 14.1. The van der Waals surface area contributed by atoms with Crippen LogP contribution in [-0.4, -0.2) is 152 Å². The van der Waals surface area contributed by atoms with E-state index >= 15 is 0 Å². The van der Waals surface area contributed by atoms with Crippen LogP contribution >= 0.6 is 23.5 Å². The number of carbonyl (C=O) groups is 5. The molecule has 2 aromatic carbocycles. The second-order valence-electron chi connectivity index (χ2n) is 23.3. The van der Waals surface area contributed by atoms with E-state index in [1.54, 1.807) is 50.4 Å². The molecule has 2 aromatic rings. The maximum atomic E-state index is 14.8. The van der Waals surface area contributed by atoms with Crippen LogP contribution in [0.25, 0.3) is 0 Å². The van der Waals surface area contributed by atoms with Crippen molar-refractivity contribution in [2.24, 2.45) is 0 Å². The average molecular weight is 1140 g/mol. The Morgan fingerprint density at radius 1 is 0.662 bits per heavy atom. The van der Waals surface area contributed by atoms with Crippen molar-refractivity contribution in [2.45, 2.75) is 175 Å². The zero-order valence-corrected chi connectivity index (χ0v) is 50.2. The van der Waals surface area contributed by atoms with E-state index in [1.165, 1.54) is 34.3 Å². The largest absolute Gasteiger partial charge is 0.484 e. The Labute approximate surface area is 481 Å². The highest BCUT2D eigenvalue weighted by Gasteiger charge is 2.48. The van der Waals surface area contributed by atoms with Gasteiger partial charge >= 0.3 is 18.2 Å². The Hall–Kier alpha value is -5.43. The zero-order valence-electron chi connectivity index (χ0n) is 48.5. The number of hydrogen-bond donors (Lipinski definition) is 2. The van der Waals surface area contributed by atoms with E-state index in [4.69, 9.17) is 23.7 Å². The third-order valence-electron chi connectivity index (χ3n) is 16.6. The maximum absolute atomic E-state index is 14.8. The van der Waals surface area contributed by atoms with Gasteiger partial charge in [-0.05, 0) is 132 Å². The number of allylic oxidation sites excluding steroid dienone is 8. The fourth-order valence-corrected chi connectivity index (χ4v) is 13.3. The van der Waals surface area contributed by atoms with Crippen molar-refractivity contribution in [3.05, 3.63) is 92.1 Å². The van der Waals surface area contributed by atoms with Crippen molar-refractivity contribution in [2.75, 3.05) is 62.8 Å². The Balaban J connectivity index is 1.02. The van der Waals surface area contributed by atoms with Gasteiger partial charge in [0.1, 0.15) is 40.2 Å². The van der Waals surface area contributed by atoms with Crippen molar-refractivity contribution < 1.29 is 57.9 Å². The van der Waals surface area contributed by atoms with Gasteiger partial charge in [0.25, 0.3) is 11.8 Å². The molecule has 6 heterocycles. The molecule has 18 heteroatoms. The monoisotopic (exact) mass is 1140 g/mol. The molecule has 2 saturated heterocycles. The normalized spacial score (nSPS) is 23.0. The number of hydrogen-bond acceptors (Lipinski definition) is 14. The fraction of sp³-hybridized carbons (Fsp3) is 0.597. The molecule has 0 radical (unpaired) electrons. The van der Waals surface area contributed by atoms with Crippen LogP contribution in [0.1, 0.15) is 163 Å². The van der Waals surface area contributed by atoms with Crippen molar-refractivity contribution in [1.29, 1.82) is 0 Å². The molecule has 0 saturated carbocycles. The van der Waals surface area contributed by atoms with E-state index in [0.29, 0.717) is 97.6 Å². The van der Waals surface area contributed by atoms with Crippen molar-refractivity contribution in [1.82, 2.24) is 19.6 Å². The number of carbonyl (C=O) groups excluding carboxylic acids is 5. The van der Waals surface area contributed by atoms with Crippen LogP contribution in [-0.2, 0) is 35.5 Å². The summed E-state index contributed by atoms with van der Waals surface area (Å²) in [4.78, 5) is 77.0. The van der Waals surface area contributed by atoms with Gasteiger partial charge in [0, 0.05) is 90.8 Å². The topological polar surface area (TPSA) is 185 Å². The molecule has 2 fully saturated rings. The van der Waals surface area contributed by atoms with Gasteiger partial charge in [0.05, 0.1) is 43.5 Å². The van der Waals surface area contributed by atoms with E-state index in [2.05, 4.69) is 65.8 Å². The standard InChI is InChI=1S/C62H84N4O12S2/c1-39(2)15-10-17-41(5)19-12-22-61(7)52(67)35-45-50(75-59(72)63-25-29-79-30-26-63)33-43-47(54(45)77-61)37-65(56(43)69)24-14-21-49(58(71)74-9)66-38-48-44(57(66)70)34-51(76-60(73)64-27-31-80-32-28-64)46-36-53(68)62(8,78-55(46)48)23-13-20-42(6)18-11-16-40(3)4/h15-16,19-20,33-34,49,52-53,67-68H,10-14,17-18,21-32,35-38H2,1-9H3/b41-19+,42-20+/t49-,52-,53-,61+,62+/m0/s1. The van der Waals surface area contributed by atoms with Gasteiger partial charge < -0.3 is 53.5 Å². The van der Waals surface area contributed by atoms with E-state index in [1.807, 2.05) is 13.8 Å². The van der Waals surface area contributed by atoms with Gasteiger partial charge in [0.15, 0.2) is 0 Å². The van der Waals surface area contributed by atoms with Gasteiger partial charge in [-0.15, -0.1) is 0 Å². The number of benzene rings is 2. The lowest BCUT2D eigenvalue weighted by atomic mass is 9.84. The fourth-order valence-electron chi connectivity index (χ4n) is 11.5. The number of ether oxygens (including phenoxy) is 5. The van der Waals surface area contributed by atoms with Crippen LogP contribution in [0, 0.1) is 0 Å². The Bertz CT molecular complexity index is 2790. The quantitative estimate of drug-likeness (QED) is 0.0942. The summed E-state index contributed by atoms with van der Waals surface area (Å²) < 4.78 is 31.3. The molecule has 0 bridgehead atoms. The van der Waals surface area contributed by atoms with Crippen LogP contribution in [0.5, 0.6) is 23.0 Å². The first kappa shape index (κ1) is 60.7. The summed E-state index contributed by atoms with van der Waals surface area (Å²) in [5.74, 6) is 2.87. The van der Waals surface area contributed by atoms with Gasteiger partial charge in [-0.1, -0.05) is 46.6 Å². The maximum Gasteiger partial charge on any atom is 0.415 e. The second-order valence-corrected chi connectivity index (χ2v) is 25.7. The van der Waals surface area contributed by atoms with Gasteiger partial charge in [-0.25, -0.2) is 14.4 Å². The lowest BCUT2D eigenvalue weighted by Gasteiger charge is -2.41. The number of fused-ring (bicyclic) bond motifs is 6. The predicted molar refractivity (Wildman–Crippen MR) is 313 cm³/mol. The minimum atomic E-state index is -1.06. The Kier molecular flexibility index (Phi) is 20.2. The number of rotatable bonds is 20. The number of esters is 1. The Morgan fingerprint density at radius 3 is 1.56 bits per heavy atom. The van der Waals surface area contributed by atoms with Crippen LogP contribution < -0.4 is 18.9 Å². The minimum absolute atomic E-state index is 0.00536. The summed E-state index contributed by atoms with van der Waals surface area (Å²) in [7, 11) is 1.28. The number of aliphatic hydroxyl groups is 2. The lowest BCUT2D eigenvalue weighted by molar-refractivity contribution is -0.146.